The van der Waals surface area contributed by atoms with E-state index in [-0.39, 0.29) is 23.9 Å². The van der Waals surface area contributed by atoms with Crippen molar-refractivity contribution in [2.75, 3.05) is 13.1 Å². The minimum atomic E-state index is -0.131. The van der Waals surface area contributed by atoms with Gasteiger partial charge in [0.15, 0.2) is 0 Å². The van der Waals surface area contributed by atoms with Crippen molar-refractivity contribution < 1.29 is 4.79 Å². The van der Waals surface area contributed by atoms with Crippen molar-refractivity contribution in [3.05, 3.63) is 34.2 Å². The van der Waals surface area contributed by atoms with Gasteiger partial charge >= 0.3 is 0 Å². The second-order valence-electron chi connectivity index (χ2n) is 5.77. The van der Waals surface area contributed by atoms with E-state index >= 15 is 0 Å². The predicted octanol–water partition coefficient (Wildman–Crippen LogP) is 1.85. The van der Waals surface area contributed by atoms with E-state index in [1.807, 2.05) is 0 Å². The summed E-state index contributed by atoms with van der Waals surface area (Å²) in [5, 5.41) is 6.40. The molecule has 0 radical (unpaired) electrons. The molecule has 1 aromatic rings. The van der Waals surface area contributed by atoms with Crippen molar-refractivity contribution in [2.24, 2.45) is 7.05 Å². The van der Waals surface area contributed by atoms with E-state index in [2.05, 4.69) is 10.6 Å². The molecule has 0 aromatic carbocycles. The molecule has 1 aliphatic carbocycles. The molecular formula is C16H26ClN3O2. The Morgan fingerprint density at radius 1 is 1.18 bits per heavy atom. The quantitative estimate of drug-likeness (QED) is 0.641. The number of hydrogen-bond acceptors (Lipinski definition) is 3. The van der Waals surface area contributed by atoms with E-state index in [0.717, 1.165) is 6.54 Å². The fourth-order valence-electron chi connectivity index (χ4n) is 2.77. The van der Waals surface area contributed by atoms with Gasteiger partial charge in [-0.25, -0.2) is 0 Å². The first-order chi connectivity index (χ1) is 10.2. The van der Waals surface area contributed by atoms with Gasteiger partial charge in [-0.15, -0.1) is 12.4 Å². The highest BCUT2D eigenvalue weighted by Crippen LogP contribution is 2.16. The monoisotopic (exact) mass is 327 g/mol. The molecule has 1 aromatic heterocycles. The van der Waals surface area contributed by atoms with Crippen LogP contribution in [0.5, 0.6) is 0 Å². The summed E-state index contributed by atoms with van der Waals surface area (Å²) in [4.78, 5) is 23.2. The first-order valence-electron chi connectivity index (χ1n) is 7.85. The molecule has 6 heteroatoms. The molecule has 0 aliphatic heterocycles. The number of halogens is 1. The molecule has 1 amide bonds. The molecule has 124 valence electrons. The number of pyridine rings is 1. The van der Waals surface area contributed by atoms with Gasteiger partial charge in [-0.05, 0) is 18.9 Å². The number of carbonyl (C=O) groups excluding carboxylic acids is 1. The van der Waals surface area contributed by atoms with Gasteiger partial charge < -0.3 is 15.2 Å². The average Bonchev–Trinajstić information content (AvgIpc) is 2.75. The second kappa shape index (κ2) is 9.64. The van der Waals surface area contributed by atoms with Crippen molar-refractivity contribution in [1.82, 2.24) is 15.2 Å². The van der Waals surface area contributed by atoms with Gasteiger partial charge in [0.2, 0.25) is 5.56 Å². The van der Waals surface area contributed by atoms with Crippen LogP contribution in [0.3, 0.4) is 0 Å². The zero-order valence-corrected chi connectivity index (χ0v) is 14.0. The van der Waals surface area contributed by atoms with Gasteiger partial charge in [0, 0.05) is 38.4 Å². The Labute approximate surface area is 137 Å². The standard InChI is InChI=1S/C16H25N3O2.ClH/c1-19-12-13(8-9-15(19)20)16(21)18-11-10-17-14-6-4-2-3-5-7-14;/h8-9,12,14,17H,2-7,10-11H2,1H3,(H,18,21);1H. The molecule has 0 atom stereocenters. The molecule has 1 heterocycles. The lowest BCUT2D eigenvalue weighted by Crippen LogP contribution is -2.37. The number of aryl methyl sites for hydroxylation is 1. The van der Waals surface area contributed by atoms with Gasteiger partial charge in [0.05, 0.1) is 5.56 Å². The second-order valence-corrected chi connectivity index (χ2v) is 5.77. The maximum absolute atomic E-state index is 12.0. The molecular weight excluding hydrogens is 302 g/mol. The number of carbonyl (C=O) groups is 1. The van der Waals surface area contributed by atoms with Crippen LogP contribution in [0.2, 0.25) is 0 Å². The fourth-order valence-corrected chi connectivity index (χ4v) is 2.77. The Hall–Kier alpha value is -1.33. The van der Waals surface area contributed by atoms with E-state index in [0.29, 0.717) is 18.2 Å². The molecule has 0 unspecified atom stereocenters. The first-order valence-corrected chi connectivity index (χ1v) is 7.85. The van der Waals surface area contributed by atoms with E-state index in [9.17, 15) is 9.59 Å². The summed E-state index contributed by atoms with van der Waals surface area (Å²) in [5.74, 6) is -0.131. The third-order valence-corrected chi connectivity index (χ3v) is 4.05. The van der Waals surface area contributed by atoms with Crippen molar-refractivity contribution in [3.63, 3.8) is 0 Å². The summed E-state index contributed by atoms with van der Waals surface area (Å²) in [5.41, 5.74) is 0.410. The first kappa shape index (κ1) is 18.7. The van der Waals surface area contributed by atoms with Crippen molar-refractivity contribution in [3.8, 4) is 0 Å². The molecule has 5 nitrogen and oxygen atoms in total. The topological polar surface area (TPSA) is 63.1 Å². The van der Waals surface area contributed by atoms with Crippen LogP contribution in [0.4, 0.5) is 0 Å². The van der Waals surface area contributed by atoms with E-state index in [4.69, 9.17) is 0 Å². The fraction of sp³-hybridized carbons (Fsp3) is 0.625. The summed E-state index contributed by atoms with van der Waals surface area (Å²) < 4.78 is 1.42. The lowest BCUT2D eigenvalue weighted by molar-refractivity contribution is 0.0952. The summed E-state index contributed by atoms with van der Waals surface area (Å²) in [6.45, 7) is 1.40. The third-order valence-electron chi connectivity index (χ3n) is 4.05. The molecule has 1 fully saturated rings. The molecule has 0 saturated heterocycles. The minimum absolute atomic E-state index is 0. The van der Waals surface area contributed by atoms with Crippen molar-refractivity contribution in [1.29, 1.82) is 0 Å². The molecule has 1 saturated carbocycles. The lowest BCUT2D eigenvalue weighted by Gasteiger charge is -2.16. The highest BCUT2D eigenvalue weighted by Gasteiger charge is 2.11. The molecule has 2 N–H and O–H groups in total. The van der Waals surface area contributed by atoms with Crippen LogP contribution in [-0.2, 0) is 7.05 Å². The number of hydrogen-bond donors (Lipinski definition) is 2. The lowest BCUT2D eigenvalue weighted by atomic mass is 10.1. The van der Waals surface area contributed by atoms with Crippen LogP contribution < -0.4 is 16.2 Å². The van der Waals surface area contributed by atoms with Crippen molar-refractivity contribution >= 4 is 18.3 Å². The minimum Gasteiger partial charge on any atom is -0.351 e. The number of rotatable bonds is 5. The summed E-state index contributed by atoms with van der Waals surface area (Å²) >= 11 is 0. The Morgan fingerprint density at radius 3 is 2.50 bits per heavy atom. The summed E-state index contributed by atoms with van der Waals surface area (Å²) in [6.07, 6.45) is 9.37. The number of nitrogens with zero attached hydrogens (tertiary/aromatic N) is 1. The van der Waals surface area contributed by atoms with Gasteiger partial charge in [-0.1, -0.05) is 25.7 Å². The average molecular weight is 328 g/mol. The van der Waals surface area contributed by atoms with Gasteiger partial charge in [0.1, 0.15) is 0 Å². The zero-order chi connectivity index (χ0) is 15.1. The number of nitrogens with one attached hydrogen (secondary N) is 2. The van der Waals surface area contributed by atoms with Gasteiger partial charge in [-0.2, -0.15) is 0 Å². The highest BCUT2D eigenvalue weighted by atomic mass is 35.5. The predicted molar refractivity (Wildman–Crippen MR) is 90.8 cm³/mol. The largest absolute Gasteiger partial charge is 0.351 e. The number of amides is 1. The zero-order valence-electron chi connectivity index (χ0n) is 13.1. The van der Waals surface area contributed by atoms with E-state index in [1.165, 1.54) is 49.2 Å². The van der Waals surface area contributed by atoms with Crippen LogP contribution >= 0.6 is 12.4 Å². The Kier molecular flexibility index (Phi) is 8.20. The van der Waals surface area contributed by atoms with E-state index in [1.54, 1.807) is 19.3 Å². The van der Waals surface area contributed by atoms with Crippen LogP contribution in [0.25, 0.3) is 0 Å². The number of aromatic nitrogens is 1. The third kappa shape index (κ3) is 5.81. The molecule has 2 rings (SSSR count). The van der Waals surface area contributed by atoms with E-state index < -0.39 is 0 Å². The van der Waals surface area contributed by atoms with Gasteiger partial charge in [0.25, 0.3) is 5.91 Å². The van der Waals surface area contributed by atoms with Crippen LogP contribution in [0.1, 0.15) is 48.9 Å². The Balaban J connectivity index is 0.00000242. The SMILES string of the molecule is Cl.Cn1cc(C(=O)NCCNC2CCCCCC2)ccc1=O. The Bertz CT molecular complexity index is 522. The molecule has 0 bridgehead atoms. The highest BCUT2D eigenvalue weighted by molar-refractivity contribution is 5.93. The van der Waals surface area contributed by atoms with Crippen LogP contribution in [0, 0.1) is 0 Å². The van der Waals surface area contributed by atoms with Crippen LogP contribution in [0.15, 0.2) is 23.1 Å². The Morgan fingerprint density at radius 2 is 1.86 bits per heavy atom. The normalized spacial score (nSPS) is 15.7. The summed E-state index contributed by atoms with van der Waals surface area (Å²) in [6, 6.07) is 3.58. The smallest absolute Gasteiger partial charge is 0.252 e. The maximum atomic E-state index is 12.0. The molecule has 0 spiro atoms. The van der Waals surface area contributed by atoms with Crippen molar-refractivity contribution in [2.45, 2.75) is 44.6 Å². The maximum Gasteiger partial charge on any atom is 0.252 e. The molecule has 1 aliphatic rings. The molecule has 22 heavy (non-hydrogen) atoms. The van der Waals surface area contributed by atoms with Gasteiger partial charge in [-0.3, -0.25) is 9.59 Å². The van der Waals surface area contributed by atoms with Crippen LogP contribution in [-0.4, -0.2) is 29.6 Å². The summed E-state index contributed by atoms with van der Waals surface area (Å²) in [7, 11) is 1.65.